The Hall–Kier alpha value is -1.06. The Balaban J connectivity index is 1.34. The van der Waals surface area contributed by atoms with Crippen LogP contribution in [0.15, 0.2) is 0 Å². The van der Waals surface area contributed by atoms with Crippen molar-refractivity contribution < 1.29 is 14.7 Å². The van der Waals surface area contributed by atoms with Gasteiger partial charge in [0.15, 0.2) is 0 Å². The van der Waals surface area contributed by atoms with E-state index in [0.29, 0.717) is 12.3 Å². The number of carbonyl (C=O) groups excluding carboxylic acids is 1. The van der Waals surface area contributed by atoms with E-state index >= 15 is 0 Å². The standard InChI is InChI=1S/C18H27NO3/c20-15(11-14-10-12-1-2-13(14)9-12)19-18-6-3-17(4-7-18,5-8-18)16(21)22/h12-14H,1-11H2,(H,19,20)(H,21,22). The first-order valence-electron chi connectivity index (χ1n) is 9.05. The highest BCUT2D eigenvalue weighted by molar-refractivity contribution is 5.78. The van der Waals surface area contributed by atoms with Crippen LogP contribution in [0.2, 0.25) is 0 Å². The third-order valence-electron chi connectivity index (χ3n) is 7.44. The number of aliphatic carboxylic acids is 1. The monoisotopic (exact) mass is 305 g/mol. The second-order valence-corrected chi connectivity index (χ2v) is 8.55. The summed E-state index contributed by atoms with van der Waals surface area (Å²) in [6.07, 6.45) is 10.8. The Morgan fingerprint density at radius 3 is 2.18 bits per heavy atom. The fraction of sp³-hybridized carbons (Fsp3) is 0.889. The largest absolute Gasteiger partial charge is 0.481 e. The maximum absolute atomic E-state index is 12.5. The summed E-state index contributed by atoms with van der Waals surface area (Å²) in [6.45, 7) is 0. The van der Waals surface area contributed by atoms with E-state index in [1.807, 2.05) is 0 Å². The van der Waals surface area contributed by atoms with Gasteiger partial charge in [0.1, 0.15) is 0 Å². The first-order valence-corrected chi connectivity index (χ1v) is 9.05. The van der Waals surface area contributed by atoms with E-state index in [9.17, 15) is 14.7 Å². The first kappa shape index (κ1) is 14.5. The van der Waals surface area contributed by atoms with Gasteiger partial charge in [0.05, 0.1) is 5.41 Å². The number of amides is 1. The van der Waals surface area contributed by atoms with Crippen LogP contribution in [-0.4, -0.2) is 22.5 Å². The molecule has 22 heavy (non-hydrogen) atoms. The van der Waals surface area contributed by atoms with Crippen molar-refractivity contribution in [3.8, 4) is 0 Å². The van der Waals surface area contributed by atoms with Crippen molar-refractivity contribution in [1.29, 1.82) is 0 Å². The Bertz CT molecular complexity index is 476. The molecule has 0 heterocycles. The van der Waals surface area contributed by atoms with Crippen LogP contribution in [0.4, 0.5) is 0 Å². The topological polar surface area (TPSA) is 66.4 Å². The summed E-state index contributed by atoms with van der Waals surface area (Å²) in [4.78, 5) is 24.0. The zero-order chi connectivity index (χ0) is 15.4. The summed E-state index contributed by atoms with van der Waals surface area (Å²) in [5, 5.41) is 12.8. The van der Waals surface area contributed by atoms with Crippen molar-refractivity contribution >= 4 is 11.9 Å². The van der Waals surface area contributed by atoms with Crippen LogP contribution in [0.5, 0.6) is 0 Å². The first-order chi connectivity index (χ1) is 10.5. The van der Waals surface area contributed by atoms with E-state index in [4.69, 9.17) is 0 Å². The fourth-order valence-corrected chi connectivity index (χ4v) is 5.91. The smallest absolute Gasteiger partial charge is 0.309 e. The predicted molar refractivity (Wildman–Crippen MR) is 82.2 cm³/mol. The van der Waals surface area contributed by atoms with Crippen LogP contribution in [0.25, 0.3) is 0 Å². The average molecular weight is 305 g/mol. The van der Waals surface area contributed by atoms with Crippen molar-refractivity contribution in [3.05, 3.63) is 0 Å². The van der Waals surface area contributed by atoms with Gasteiger partial charge >= 0.3 is 5.97 Å². The molecule has 5 saturated carbocycles. The molecule has 5 rings (SSSR count). The highest BCUT2D eigenvalue weighted by Gasteiger charge is 2.53. The van der Waals surface area contributed by atoms with E-state index < -0.39 is 11.4 Å². The normalized spacial score (nSPS) is 45.9. The summed E-state index contributed by atoms with van der Waals surface area (Å²) in [5.41, 5.74) is -0.580. The Morgan fingerprint density at radius 2 is 1.68 bits per heavy atom. The molecule has 5 aliphatic rings. The van der Waals surface area contributed by atoms with Gasteiger partial charge in [0.25, 0.3) is 0 Å². The molecule has 4 bridgehead atoms. The third-order valence-corrected chi connectivity index (χ3v) is 7.44. The van der Waals surface area contributed by atoms with Crippen molar-refractivity contribution in [1.82, 2.24) is 5.32 Å². The molecule has 2 N–H and O–H groups in total. The fourth-order valence-electron chi connectivity index (χ4n) is 5.91. The van der Waals surface area contributed by atoms with Crippen LogP contribution in [0, 0.1) is 23.2 Å². The number of hydrogen-bond acceptors (Lipinski definition) is 2. The molecule has 1 amide bonds. The van der Waals surface area contributed by atoms with Crippen molar-refractivity contribution in [2.75, 3.05) is 0 Å². The van der Waals surface area contributed by atoms with Crippen LogP contribution < -0.4 is 5.32 Å². The average Bonchev–Trinajstić information content (AvgIpc) is 3.11. The molecule has 0 radical (unpaired) electrons. The van der Waals surface area contributed by atoms with Crippen LogP contribution in [-0.2, 0) is 9.59 Å². The highest BCUT2D eigenvalue weighted by atomic mass is 16.4. The highest BCUT2D eigenvalue weighted by Crippen LogP contribution is 2.53. The SMILES string of the molecule is O=C(CC1CC2CCC1C2)NC12CCC(C(=O)O)(CC1)CC2. The number of carbonyl (C=O) groups is 2. The molecule has 3 atom stereocenters. The summed E-state index contributed by atoms with van der Waals surface area (Å²) in [7, 11) is 0. The lowest BCUT2D eigenvalue weighted by atomic mass is 9.57. The number of carboxylic acids is 1. The summed E-state index contributed by atoms with van der Waals surface area (Å²) < 4.78 is 0. The van der Waals surface area contributed by atoms with E-state index in [1.54, 1.807) is 0 Å². The minimum atomic E-state index is -0.630. The molecule has 5 aliphatic carbocycles. The number of rotatable bonds is 4. The number of fused-ring (bicyclic) bond motifs is 5. The molecule has 0 aromatic carbocycles. The van der Waals surface area contributed by atoms with Gasteiger partial charge in [-0.2, -0.15) is 0 Å². The van der Waals surface area contributed by atoms with Gasteiger partial charge in [-0.05, 0) is 75.5 Å². The maximum Gasteiger partial charge on any atom is 0.309 e. The van der Waals surface area contributed by atoms with E-state index in [2.05, 4.69) is 5.32 Å². The van der Waals surface area contributed by atoms with Crippen LogP contribution >= 0.6 is 0 Å². The molecule has 0 saturated heterocycles. The molecular weight excluding hydrogens is 278 g/mol. The van der Waals surface area contributed by atoms with Gasteiger partial charge in [-0.25, -0.2) is 0 Å². The molecular formula is C18H27NO3. The van der Waals surface area contributed by atoms with E-state index in [-0.39, 0.29) is 11.4 Å². The molecule has 122 valence electrons. The summed E-state index contributed by atoms with van der Waals surface area (Å²) >= 11 is 0. The Kier molecular flexibility index (Phi) is 3.28. The van der Waals surface area contributed by atoms with Gasteiger partial charge in [0.2, 0.25) is 5.91 Å². The van der Waals surface area contributed by atoms with Crippen molar-refractivity contribution in [2.45, 2.75) is 76.2 Å². The van der Waals surface area contributed by atoms with Gasteiger partial charge in [-0.3, -0.25) is 9.59 Å². The number of carboxylic acid groups (broad SMARTS) is 1. The minimum Gasteiger partial charge on any atom is -0.481 e. The van der Waals surface area contributed by atoms with E-state index in [1.165, 1.54) is 25.7 Å². The molecule has 4 nitrogen and oxygen atoms in total. The Morgan fingerprint density at radius 1 is 1.00 bits per heavy atom. The zero-order valence-corrected chi connectivity index (χ0v) is 13.3. The van der Waals surface area contributed by atoms with Crippen molar-refractivity contribution in [2.24, 2.45) is 23.2 Å². The lowest BCUT2D eigenvalue weighted by Crippen LogP contribution is -2.58. The molecule has 0 spiro atoms. The molecule has 3 unspecified atom stereocenters. The summed E-state index contributed by atoms with van der Waals surface area (Å²) in [5.74, 6) is 1.89. The third kappa shape index (κ3) is 2.26. The molecule has 0 aromatic heterocycles. The molecule has 5 fully saturated rings. The lowest BCUT2D eigenvalue weighted by molar-refractivity contribution is -0.157. The van der Waals surface area contributed by atoms with Gasteiger partial charge < -0.3 is 10.4 Å². The Labute approximate surface area is 132 Å². The lowest BCUT2D eigenvalue weighted by Gasteiger charge is -2.51. The maximum atomic E-state index is 12.5. The van der Waals surface area contributed by atoms with E-state index in [0.717, 1.165) is 50.4 Å². The number of nitrogens with one attached hydrogen (secondary N) is 1. The van der Waals surface area contributed by atoms with Crippen LogP contribution in [0.3, 0.4) is 0 Å². The molecule has 4 heteroatoms. The molecule has 0 aromatic rings. The second-order valence-electron chi connectivity index (χ2n) is 8.55. The zero-order valence-electron chi connectivity index (χ0n) is 13.3. The minimum absolute atomic E-state index is 0.0914. The second kappa shape index (κ2) is 4.97. The number of hydrogen-bond donors (Lipinski definition) is 2. The quantitative estimate of drug-likeness (QED) is 0.838. The van der Waals surface area contributed by atoms with Gasteiger partial charge in [0, 0.05) is 12.0 Å². The molecule has 0 aliphatic heterocycles. The van der Waals surface area contributed by atoms with Gasteiger partial charge in [-0.15, -0.1) is 0 Å². The predicted octanol–water partition coefficient (Wildman–Crippen LogP) is 3.11. The summed E-state index contributed by atoms with van der Waals surface area (Å²) in [6, 6.07) is 0. The van der Waals surface area contributed by atoms with Crippen LogP contribution in [0.1, 0.15) is 70.6 Å². The van der Waals surface area contributed by atoms with Crippen molar-refractivity contribution in [3.63, 3.8) is 0 Å². The van der Waals surface area contributed by atoms with Gasteiger partial charge in [-0.1, -0.05) is 6.42 Å².